The van der Waals surface area contributed by atoms with Crippen LogP contribution in [0.15, 0.2) is 54.9 Å². The van der Waals surface area contributed by atoms with Crippen molar-refractivity contribution in [2.45, 2.75) is 0 Å². The largest absolute Gasteiger partial charge is 0.496 e. The fourth-order valence-corrected chi connectivity index (χ4v) is 1.97. The van der Waals surface area contributed by atoms with E-state index < -0.39 is 0 Å². The summed E-state index contributed by atoms with van der Waals surface area (Å²) in [5, 5.41) is 1.02. The fraction of sp³-hybridized carbons (Fsp3) is 0.0667. The minimum Gasteiger partial charge on any atom is -0.496 e. The summed E-state index contributed by atoms with van der Waals surface area (Å²) in [7, 11) is 1.68. The van der Waals surface area contributed by atoms with Crippen molar-refractivity contribution in [2.75, 3.05) is 7.11 Å². The molecular weight excluding hydrogens is 224 g/mol. The molecule has 0 fully saturated rings. The van der Waals surface area contributed by atoms with E-state index >= 15 is 0 Å². The van der Waals surface area contributed by atoms with Crippen LogP contribution in [-0.4, -0.2) is 17.1 Å². The fourth-order valence-electron chi connectivity index (χ4n) is 1.97. The number of hydrogen-bond donors (Lipinski definition) is 0. The van der Waals surface area contributed by atoms with Gasteiger partial charge in [-0.2, -0.15) is 0 Å². The smallest absolute Gasteiger partial charge is 0.130 e. The van der Waals surface area contributed by atoms with Crippen LogP contribution >= 0.6 is 0 Å². The molecule has 3 nitrogen and oxygen atoms in total. The van der Waals surface area contributed by atoms with Gasteiger partial charge in [0.1, 0.15) is 5.75 Å². The summed E-state index contributed by atoms with van der Waals surface area (Å²) in [6.07, 6.45) is 3.55. The molecule has 0 unspecified atom stereocenters. The Labute approximate surface area is 105 Å². The van der Waals surface area contributed by atoms with Gasteiger partial charge in [-0.05, 0) is 24.3 Å². The van der Waals surface area contributed by atoms with E-state index in [0.717, 1.165) is 27.9 Å². The summed E-state index contributed by atoms with van der Waals surface area (Å²) in [5.41, 5.74) is 2.79. The van der Waals surface area contributed by atoms with Gasteiger partial charge in [-0.25, -0.2) is 4.98 Å². The first-order valence-corrected chi connectivity index (χ1v) is 5.72. The molecule has 0 N–H and O–H groups in total. The highest BCUT2D eigenvalue weighted by atomic mass is 16.5. The third kappa shape index (κ3) is 1.80. The van der Waals surface area contributed by atoms with Crippen LogP contribution in [0.3, 0.4) is 0 Å². The zero-order valence-electron chi connectivity index (χ0n) is 10.00. The first kappa shape index (κ1) is 10.7. The summed E-state index contributed by atoms with van der Waals surface area (Å²) in [4.78, 5) is 8.75. The number of rotatable bonds is 2. The molecule has 18 heavy (non-hydrogen) atoms. The lowest BCUT2D eigenvalue weighted by molar-refractivity contribution is 0.419. The van der Waals surface area contributed by atoms with Crippen LogP contribution in [0, 0.1) is 0 Å². The maximum atomic E-state index is 5.43. The van der Waals surface area contributed by atoms with Crippen molar-refractivity contribution < 1.29 is 4.74 Å². The lowest BCUT2D eigenvalue weighted by Gasteiger charge is -2.08. The van der Waals surface area contributed by atoms with Gasteiger partial charge in [0.05, 0.1) is 18.3 Å². The minimum absolute atomic E-state index is 0.833. The zero-order valence-corrected chi connectivity index (χ0v) is 10.00. The van der Waals surface area contributed by atoms with Crippen LogP contribution in [0.1, 0.15) is 0 Å². The number of pyridine rings is 2. The van der Waals surface area contributed by atoms with Gasteiger partial charge in [0.15, 0.2) is 0 Å². The maximum Gasteiger partial charge on any atom is 0.130 e. The van der Waals surface area contributed by atoms with Crippen LogP contribution in [0.5, 0.6) is 5.75 Å². The number of para-hydroxylation sites is 1. The Morgan fingerprint density at radius 2 is 1.94 bits per heavy atom. The van der Waals surface area contributed by atoms with E-state index in [1.165, 1.54) is 0 Å². The molecule has 0 atom stereocenters. The number of nitrogens with zero attached hydrogens (tertiary/aromatic N) is 2. The quantitative estimate of drug-likeness (QED) is 0.684. The van der Waals surface area contributed by atoms with Crippen LogP contribution < -0.4 is 4.74 Å². The van der Waals surface area contributed by atoms with Gasteiger partial charge in [0, 0.05) is 29.4 Å². The summed E-state index contributed by atoms with van der Waals surface area (Å²) < 4.78 is 5.43. The molecule has 2 heterocycles. The molecule has 3 aromatic rings. The van der Waals surface area contributed by atoms with Gasteiger partial charge in [-0.1, -0.05) is 12.1 Å². The Hall–Kier alpha value is -2.42. The molecule has 3 rings (SSSR count). The summed E-state index contributed by atoms with van der Waals surface area (Å²) in [6, 6.07) is 13.8. The van der Waals surface area contributed by atoms with Crippen LogP contribution in [0.25, 0.3) is 22.2 Å². The maximum absolute atomic E-state index is 5.43. The Balaban J connectivity index is 2.26. The molecule has 0 spiro atoms. The number of benzene rings is 1. The molecule has 0 bridgehead atoms. The SMILES string of the molecule is COc1cc(-c2cccnc2)nc2ccccc12. The van der Waals surface area contributed by atoms with Gasteiger partial charge in [-0.15, -0.1) is 0 Å². The second-order valence-electron chi connectivity index (χ2n) is 3.97. The van der Waals surface area contributed by atoms with Crippen molar-refractivity contribution in [3.63, 3.8) is 0 Å². The number of aromatic nitrogens is 2. The van der Waals surface area contributed by atoms with E-state index in [1.807, 2.05) is 42.5 Å². The van der Waals surface area contributed by atoms with Crippen molar-refractivity contribution in [2.24, 2.45) is 0 Å². The lowest BCUT2D eigenvalue weighted by atomic mass is 10.1. The van der Waals surface area contributed by atoms with E-state index in [0.29, 0.717) is 0 Å². The summed E-state index contributed by atoms with van der Waals surface area (Å²) >= 11 is 0. The highest BCUT2D eigenvalue weighted by Crippen LogP contribution is 2.29. The van der Waals surface area contributed by atoms with E-state index in [9.17, 15) is 0 Å². The topological polar surface area (TPSA) is 35.0 Å². The molecule has 3 heteroatoms. The Kier molecular flexibility index (Phi) is 2.65. The third-order valence-corrected chi connectivity index (χ3v) is 2.86. The van der Waals surface area contributed by atoms with Gasteiger partial charge in [0.2, 0.25) is 0 Å². The highest BCUT2D eigenvalue weighted by molar-refractivity contribution is 5.87. The van der Waals surface area contributed by atoms with Crippen molar-refractivity contribution in [1.29, 1.82) is 0 Å². The van der Waals surface area contributed by atoms with Crippen molar-refractivity contribution in [3.8, 4) is 17.0 Å². The molecule has 0 saturated carbocycles. The van der Waals surface area contributed by atoms with Gasteiger partial charge in [0.25, 0.3) is 0 Å². The molecule has 0 aliphatic rings. The van der Waals surface area contributed by atoms with Gasteiger partial charge < -0.3 is 4.74 Å². The van der Waals surface area contributed by atoms with Crippen molar-refractivity contribution in [1.82, 2.24) is 9.97 Å². The van der Waals surface area contributed by atoms with Crippen molar-refractivity contribution in [3.05, 3.63) is 54.9 Å². The number of methoxy groups -OCH3 is 1. The molecule has 0 aliphatic heterocycles. The molecule has 88 valence electrons. The van der Waals surface area contributed by atoms with Crippen LogP contribution in [0.4, 0.5) is 0 Å². The lowest BCUT2D eigenvalue weighted by Crippen LogP contribution is -1.91. The molecule has 0 amide bonds. The van der Waals surface area contributed by atoms with Gasteiger partial charge in [-0.3, -0.25) is 4.98 Å². The number of ether oxygens (including phenoxy) is 1. The molecular formula is C15H12N2O. The second kappa shape index (κ2) is 4.45. The van der Waals surface area contributed by atoms with E-state index in [2.05, 4.69) is 9.97 Å². The monoisotopic (exact) mass is 236 g/mol. The third-order valence-electron chi connectivity index (χ3n) is 2.86. The molecule has 0 radical (unpaired) electrons. The number of hydrogen-bond acceptors (Lipinski definition) is 3. The summed E-state index contributed by atoms with van der Waals surface area (Å²) in [6.45, 7) is 0. The van der Waals surface area contributed by atoms with E-state index in [-0.39, 0.29) is 0 Å². The number of fused-ring (bicyclic) bond motifs is 1. The first-order chi connectivity index (χ1) is 8.88. The Morgan fingerprint density at radius 3 is 2.72 bits per heavy atom. The average molecular weight is 236 g/mol. The molecule has 2 aromatic heterocycles. The average Bonchev–Trinajstić information content (AvgIpc) is 2.47. The van der Waals surface area contributed by atoms with Crippen LogP contribution in [0.2, 0.25) is 0 Å². The second-order valence-corrected chi connectivity index (χ2v) is 3.97. The first-order valence-electron chi connectivity index (χ1n) is 5.72. The Morgan fingerprint density at radius 1 is 1.06 bits per heavy atom. The molecule has 0 saturated heterocycles. The van der Waals surface area contributed by atoms with Crippen molar-refractivity contribution >= 4 is 10.9 Å². The van der Waals surface area contributed by atoms with Crippen LogP contribution in [-0.2, 0) is 0 Å². The normalized spacial score (nSPS) is 10.5. The standard InChI is InChI=1S/C15H12N2O/c1-18-15-9-14(11-5-4-8-16-10-11)17-13-7-3-2-6-12(13)15/h2-10H,1H3. The minimum atomic E-state index is 0.833. The predicted octanol–water partition coefficient (Wildman–Crippen LogP) is 3.31. The van der Waals surface area contributed by atoms with E-state index in [1.54, 1.807) is 19.5 Å². The molecule has 1 aromatic carbocycles. The summed E-state index contributed by atoms with van der Waals surface area (Å²) in [5.74, 6) is 0.833. The Bertz CT molecular complexity index is 680. The van der Waals surface area contributed by atoms with E-state index in [4.69, 9.17) is 4.74 Å². The van der Waals surface area contributed by atoms with Gasteiger partial charge >= 0.3 is 0 Å². The predicted molar refractivity (Wildman–Crippen MR) is 71.5 cm³/mol. The highest BCUT2D eigenvalue weighted by Gasteiger charge is 2.07. The molecule has 0 aliphatic carbocycles. The zero-order chi connectivity index (χ0) is 12.4.